The van der Waals surface area contributed by atoms with E-state index in [0.717, 1.165) is 14.4 Å². The van der Waals surface area contributed by atoms with Crippen molar-refractivity contribution in [1.82, 2.24) is 10.2 Å². The second-order valence-electron chi connectivity index (χ2n) is 4.26. The summed E-state index contributed by atoms with van der Waals surface area (Å²) < 4.78 is 5.95. The largest absolute Gasteiger partial charge is 0.466 e. The van der Waals surface area contributed by atoms with Gasteiger partial charge in [0.15, 0.2) is 5.11 Å². The summed E-state index contributed by atoms with van der Waals surface area (Å²) in [6.45, 7) is 4.60. The molecule has 0 saturated carbocycles. The van der Waals surface area contributed by atoms with Gasteiger partial charge in [-0.05, 0) is 54.1 Å². The average molecular weight is 375 g/mol. The number of rotatable bonds is 3. The van der Waals surface area contributed by atoms with Crippen molar-refractivity contribution >= 4 is 50.6 Å². The van der Waals surface area contributed by atoms with Crippen LogP contribution in [0.1, 0.15) is 24.8 Å². The Morgan fingerprint density at radius 2 is 2.30 bits per heavy atom. The zero-order valence-electron chi connectivity index (χ0n) is 11.4. The van der Waals surface area contributed by atoms with E-state index >= 15 is 0 Å². The highest BCUT2D eigenvalue weighted by molar-refractivity contribution is 9.11. The SMILES string of the molecule is CCN1C(=S)N[C@@H](c2ccc(Br)s2)C(C(=O)OC)=C1C. The molecule has 20 heavy (non-hydrogen) atoms. The monoisotopic (exact) mass is 374 g/mol. The van der Waals surface area contributed by atoms with Crippen LogP contribution in [0.5, 0.6) is 0 Å². The van der Waals surface area contributed by atoms with Crippen molar-refractivity contribution in [3.05, 3.63) is 32.1 Å². The number of halogens is 1. The number of ether oxygens (including phenoxy) is 1. The van der Waals surface area contributed by atoms with Gasteiger partial charge in [0.1, 0.15) is 0 Å². The summed E-state index contributed by atoms with van der Waals surface area (Å²) in [5.41, 5.74) is 1.45. The van der Waals surface area contributed by atoms with Crippen LogP contribution in [-0.4, -0.2) is 29.6 Å². The van der Waals surface area contributed by atoms with Crippen LogP contribution in [0.25, 0.3) is 0 Å². The second kappa shape index (κ2) is 6.24. The summed E-state index contributed by atoms with van der Waals surface area (Å²) in [6.07, 6.45) is 0. The molecule has 2 rings (SSSR count). The number of carbonyl (C=O) groups is 1. The third-order valence-electron chi connectivity index (χ3n) is 3.20. The Hall–Kier alpha value is -0.920. The second-order valence-corrected chi connectivity index (χ2v) is 7.14. The first-order valence-electron chi connectivity index (χ1n) is 6.12. The number of carbonyl (C=O) groups excluding carboxylic acids is 1. The normalized spacial score (nSPS) is 19.1. The van der Waals surface area contributed by atoms with Crippen LogP contribution in [0.2, 0.25) is 0 Å². The highest BCUT2D eigenvalue weighted by Gasteiger charge is 2.34. The van der Waals surface area contributed by atoms with Gasteiger partial charge in [-0.25, -0.2) is 4.79 Å². The Bertz CT molecular complexity index is 583. The number of hydrogen-bond acceptors (Lipinski definition) is 4. The number of thiophene rings is 1. The molecule has 1 aliphatic heterocycles. The van der Waals surface area contributed by atoms with E-state index in [-0.39, 0.29) is 12.0 Å². The van der Waals surface area contributed by atoms with E-state index in [4.69, 9.17) is 17.0 Å². The molecule has 0 aromatic carbocycles. The fraction of sp³-hybridized carbons (Fsp3) is 0.385. The van der Waals surface area contributed by atoms with Crippen molar-refractivity contribution in [2.75, 3.05) is 13.7 Å². The van der Waals surface area contributed by atoms with E-state index in [1.165, 1.54) is 7.11 Å². The molecule has 1 atom stereocenters. The first-order chi connectivity index (χ1) is 9.49. The lowest BCUT2D eigenvalue weighted by atomic mass is 10.0. The molecule has 0 unspecified atom stereocenters. The number of esters is 1. The maximum atomic E-state index is 12.1. The maximum Gasteiger partial charge on any atom is 0.338 e. The van der Waals surface area contributed by atoms with Crippen LogP contribution in [0.3, 0.4) is 0 Å². The number of methoxy groups -OCH3 is 1. The van der Waals surface area contributed by atoms with Gasteiger partial charge in [-0.3, -0.25) is 0 Å². The highest BCUT2D eigenvalue weighted by Crippen LogP contribution is 2.36. The number of hydrogen-bond donors (Lipinski definition) is 1. The van der Waals surface area contributed by atoms with E-state index in [1.807, 2.05) is 30.9 Å². The van der Waals surface area contributed by atoms with Gasteiger partial charge >= 0.3 is 5.97 Å². The van der Waals surface area contributed by atoms with Gasteiger partial charge in [-0.15, -0.1) is 11.3 Å². The fourth-order valence-corrected chi connectivity index (χ4v) is 4.10. The zero-order chi connectivity index (χ0) is 14.9. The Morgan fingerprint density at radius 3 is 2.80 bits per heavy atom. The van der Waals surface area contributed by atoms with E-state index in [1.54, 1.807) is 11.3 Å². The Balaban J connectivity index is 2.52. The van der Waals surface area contributed by atoms with E-state index in [2.05, 4.69) is 21.2 Å². The summed E-state index contributed by atoms with van der Waals surface area (Å²) in [4.78, 5) is 15.1. The minimum absolute atomic E-state index is 0.256. The summed E-state index contributed by atoms with van der Waals surface area (Å²) in [5, 5.41) is 3.86. The maximum absolute atomic E-state index is 12.1. The molecule has 4 nitrogen and oxygen atoms in total. The average Bonchev–Trinajstić information content (AvgIpc) is 2.84. The van der Waals surface area contributed by atoms with Crippen molar-refractivity contribution in [3.63, 3.8) is 0 Å². The molecule has 0 spiro atoms. The van der Waals surface area contributed by atoms with Crippen molar-refractivity contribution in [1.29, 1.82) is 0 Å². The van der Waals surface area contributed by atoms with Gasteiger partial charge in [0.25, 0.3) is 0 Å². The molecule has 0 saturated heterocycles. The molecule has 1 aromatic rings. The van der Waals surface area contributed by atoms with Gasteiger partial charge in [-0.1, -0.05) is 0 Å². The number of nitrogens with zero attached hydrogens (tertiary/aromatic N) is 1. The van der Waals surface area contributed by atoms with Crippen LogP contribution in [0, 0.1) is 0 Å². The molecule has 0 radical (unpaired) electrons. The molecule has 0 amide bonds. The van der Waals surface area contributed by atoms with Crippen molar-refractivity contribution in [2.24, 2.45) is 0 Å². The summed E-state index contributed by atoms with van der Waals surface area (Å²) in [5.74, 6) is -0.328. The van der Waals surface area contributed by atoms with Crippen LogP contribution in [0.4, 0.5) is 0 Å². The third kappa shape index (κ3) is 2.75. The lowest BCUT2D eigenvalue weighted by Crippen LogP contribution is -2.47. The predicted molar refractivity (Wildman–Crippen MR) is 87.6 cm³/mol. The lowest BCUT2D eigenvalue weighted by molar-refractivity contribution is -0.136. The van der Waals surface area contributed by atoms with Gasteiger partial charge in [-0.2, -0.15) is 0 Å². The Labute approximate surface area is 135 Å². The topological polar surface area (TPSA) is 41.6 Å². The first-order valence-corrected chi connectivity index (χ1v) is 8.13. The molecular weight excluding hydrogens is 360 g/mol. The highest BCUT2D eigenvalue weighted by atomic mass is 79.9. The molecule has 0 bridgehead atoms. The van der Waals surface area contributed by atoms with Gasteiger partial charge in [0.05, 0.1) is 22.5 Å². The minimum atomic E-state index is -0.328. The van der Waals surface area contributed by atoms with Crippen molar-refractivity contribution in [3.8, 4) is 0 Å². The summed E-state index contributed by atoms with van der Waals surface area (Å²) in [7, 11) is 1.40. The van der Waals surface area contributed by atoms with Gasteiger partial charge in [0.2, 0.25) is 0 Å². The molecule has 1 aromatic heterocycles. The molecule has 1 aliphatic rings. The summed E-state index contributed by atoms with van der Waals surface area (Å²) >= 11 is 10.4. The van der Waals surface area contributed by atoms with Crippen LogP contribution < -0.4 is 5.32 Å². The predicted octanol–water partition coefficient (Wildman–Crippen LogP) is 3.21. The zero-order valence-corrected chi connectivity index (χ0v) is 14.6. The minimum Gasteiger partial charge on any atom is -0.466 e. The molecule has 0 aliphatic carbocycles. The van der Waals surface area contributed by atoms with E-state index in [9.17, 15) is 4.79 Å². The molecule has 2 heterocycles. The Morgan fingerprint density at radius 1 is 1.60 bits per heavy atom. The number of allylic oxidation sites excluding steroid dienone is 1. The Kier molecular flexibility index (Phi) is 4.82. The van der Waals surface area contributed by atoms with Crippen molar-refractivity contribution in [2.45, 2.75) is 19.9 Å². The van der Waals surface area contributed by atoms with E-state index < -0.39 is 0 Å². The molecule has 0 fully saturated rings. The van der Waals surface area contributed by atoms with Crippen molar-refractivity contribution < 1.29 is 9.53 Å². The van der Waals surface area contributed by atoms with Crippen LogP contribution in [0.15, 0.2) is 27.2 Å². The van der Waals surface area contributed by atoms with Crippen LogP contribution >= 0.6 is 39.5 Å². The molecular formula is C13H15BrN2O2S2. The molecule has 1 N–H and O–H groups in total. The smallest absolute Gasteiger partial charge is 0.338 e. The lowest BCUT2D eigenvalue weighted by Gasteiger charge is -2.36. The molecule has 108 valence electrons. The standard InChI is InChI=1S/C13H15BrN2O2S2/c1-4-16-7(2)10(12(17)18-3)11(15-13(16)19)8-5-6-9(14)20-8/h5-6,11H,4H2,1-3H3,(H,15,19)/t11-/m0/s1. The number of nitrogens with one attached hydrogen (secondary N) is 1. The molecule has 7 heteroatoms. The summed E-state index contributed by atoms with van der Waals surface area (Å²) in [6, 6.07) is 3.68. The quantitative estimate of drug-likeness (QED) is 0.649. The fourth-order valence-electron chi connectivity index (χ4n) is 2.23. The van der Waals surface area contributed by atoms with Gasteiger partial charge < -0.3 is 15.0 Å². The first kappa shape index (κ1) is 15.5. The number of thiocarbonyl (C=S) groups is 1. The van der Waals surface area contributed by atoms with Gasteiger partial charge in [0, 0.05) is 17.1 Å². The third-order valence-corrected chi connectivity index (χ3v) is 5.22. The van der Waals surface area contributed by atoms with E-state index in [0.29, 0.717) is 17.2 Å². The van der Waals surface area contributed by atoms with Crippen LogP contribution in [-0.2, 0) is 9.53 Å².